The summed E-state index contributed by atoms with van der Waals surface area (Å²) in [6, 6.07) is 2.09. The second-order valence-corrected chi connectivity index (χ2v) is 5.58. The molecule has 0 spiro atoms. The number of hydrogen-bond donors (Lipinski definition) is 1. The largest absolute Gasteiger partial charge is 0.432 e. The minimum atomic E-state index is -0.487. The molecule has 0 saturated heterocycles. The molecule has 0 aromatic carbocycles. The summed E-state index contributed by atoms with van der Waals surface area (Å²) in [5.74, 6) is 0.901. The van der Waals surface area contributed by atoms with Crippen molar-refractivity contribution in [1.82, 2.24) is 4.98 Å². The molecule has 0 unspecified atom stereocenters. The van der Waals surface area contributed by atoms with Crippen LogP contribution in [0.3, 0.4) is 0 Å². The number of halogens is 1. The summed E-state index contributed by atoms with van der Waals surface area (Å²) in [6.07, 6.45) is 1.77. The van der Waals surface area contributed by atoms with E-state index in [1.807, 2.05) is 4.81 Å². The van der Waals surface area contributed by atoms with Crippen molar-refractivity contribution in [2.24, 2.45) is 0 Å². The van der Waals surface area contributed by atoms with Crippen molar-refractivity contribution in [1.29, 1.82) is 0 Å². The highest BCUT2D eigenvalue weighted by Crippen LogP contribution is 2.40. The van der Waals surface area contributed by atoms with Crippen molar-refractivity contribution in [2.75, 3.05) is 11.4 Å². The van der Waals surface area contributed by atoms with E-state index in [2.05, 4.69) is 40.8 Å². The fourth-order valence-corrected chi connectivity index (χ4v) is 2.39. The fourth-order valence-electron chi connectivity index (χ4n) is 2.05. The van der Waals surface area contributed by atoms with Gasteiger partial charge in [0.2, 0.25) is 0 Å². The van der Waals surface area contributed by atoms with Crippen LogP contribution >= 0.6 is 15.9 Å². The maximum absolute atomic E-state index is 9.67. The summed E-state index contributed by atoms with van der Waals surface area (Å²) in [6.45, 7) is 6.92. The number of hydrogen-bond acceptors (Lipinski definition) is 3. The molecule has 2 rings (SSSR count). The van der Waals surface area contributed by atoms with Gasteiger partial charge in [0.15, 0.2) is 0 Å². The van der Waals surface area contributed by atoms with Crippen LogP contribution < -0.4 is 4.81 Å². The lowest BCUT2D eigenvalue weighted by molar-refractivity contribution is 0.537. The second kappa shape index (κ2) is 3.49. The Labute approximate surface area is 98.8 Å². The summed E-state index contributed by atoms with van der Waals surface area (Å²) in [4.78, 5) is 6.31. The predicted molar refractivity (Wildman–Crippen MR) is 66.1 cm³/mol. The quantitative estimate of drug-likeness (QED) is 0.792. The zero-order chi connectivity index (χ0) is 11.2. The molecule has 0 fully saturated rings. The fraction of sp³-hybridized carbons (Fsp3) is 0.500. The van der Waals surface area contributed by atoms with Gasteiger partial charge in [-0.25, -0.2) is 4.98 Å². The highest BCUT2D eigenvalue weighted by atomic mass is 79.9. The third kappa shape index (κ3) is 1.78. The van der Waals surface area contributed by atoms with Crippen LogP contribution in [0.15, 0.2) is 16.7 Å². The van der Waals surface area contributed by atoms with Gasteiger partial charge in [-0.3, -0.25) is 0 Å². The van der Waals surface area contributed by atoms with Gasteiger partial charge in [0, 0.05) is 28.2 Å². The molecule has 5 heteroatoms. The van der Waals surface area contributed by atoms with Gasteiger partial charge in [-0.15, -0.1) is 0 Å². The maximum Gasteiger partial charge on any atom is 0.410 e. The van der Waals surface area contributed by atoms with Gasteiger partial charge in [0.05, 0.1) is 0 Å². The molecule has 1 aliphatic heterocycles. The topological polar surface area (TPSA) is 36.4 Å². The Morgan fingerprint density at radius 1 is 1.60 bits per heavy atom. The Balaban J connectivity index is 2.53. The van der Waals surface area contributed by atoms with Gasteiger partial charge in [0.25, 0.3) is 0 Å². The van der Waals surface area contributed by atoms with E-state index < -0.39 is 7.05 Å². The third-order valence-corrected chi connectivity index (χ3v) is 3.28. The van der Waals surface area contributed by atoms with Gasteiger partial charge in [-0.05, 0) is 28.8 Å². The minimum absolute atomic E-state index is 0.0447. The Bertz CT molecular complexity index is 395. The van der Waals surface area contributed by atoms with Crippen molar-refractivity contribution < 1.29 is 5.02 Å². The van der Waals surface area contributed by atoms with Gasteiger partial charge < -0.3 is 9.83 Å². The van der Waals surface area contributed by atoms with E-state index in [0.717, 1.165) is 16.8 Å². The number of anilines is 1. The van der Waals surface area contributed by atoms with Crippen LogP contribution in [0, 0.1) is 0 Å². The number of nitrogens with zero attached hydrogens (tertiary/aromatic N) is 2. The first kappa shape index (κ1) is 11.0. The molecule has 0 saturated carbocycles. The zero-order valence-corrected chi connectivity index (χ0v) is 10.7. The molecule has 1 aromatic rings. The highest BCUT2D eigenvalue weighted by Gasteiger charge is 2.38. The van der Waals surface area contributed by atoms with E-state index in [-0.39, 0.29) is 5.41 Å². The van der Waals surface area contributed by atoms with Gasteiger partial charge in [-0.1, -0.05) is 13.8 Å². The molecule has 0 amide bonds. The number of aromatic nitrogens is 1. The van der Waals surface area contributed by atoms with Crippen LogP contribution in [0.2, 0.25) is 6.82 Å². The first-order valence-electron chi connectivity index (χ1n) is 5.02. The monoisotopic (exact) mass is 268 g/mol. The van der Waals surface area contributed by atoms with E-state index in [0.29, 0.717) is 0 Å². The predicted octanol–water partition coefficient (Wildman–Crippen LogP) is 2.05. The lowest BCUT2D eigenvalue weighted by atomic mass is 9.84. The van der Waals surface area contributed by atoms with Gasteiger partial charge in [-0.2, -0.15) is 0 Å². The normalized spacial score (nSPS) is 17.8. The van der Waals surface area contributed by atoms with Crippen LogP contribution in [-0.4, -0.2) is 23.6 Å². The van der Waals surface area contributed by atoms with E-state index in [9.17, 15) is 5.02 Å². The van der Waals surface area contributed by atoms with Gasteiger partial charge in [0.1, 0.15) is 5.82 Å². The highest BCUT2D eigenvalue weighted by molar-refractivity contribution is 9.10. The average molecular weight is 269 g/mol. The Hall–Kier alpha value is -0.545. The summed E-state index contributed by atoms with van der Waals surface area (Å²) in [5, 5.41) is 9.67. The summed E-state index contributed by atoms with van der Waals surface area (Å²) in [7, 11) is -0.487. The molecule has 15 heavy (non-hydrogen) atoms. The van der Waals surface area contributed by atoms with E-state index in [4.69, 9.17) is 0 Å². The van der Waals surface area contributed by atoms with Crippen LogP contribution in [0.25, 0.3) is 0 Å². The summed E-state index contributed by atoms with van der Waals surface area (Å²) in [5.41, 5.74) is 1.24. The zero-order valence-electron chi connectivity index (χ0n) is 9.16. The minimum Gasteiger partial charge on any atom is -0.432 e. The molecule has 3 nitrogen and oxygen atoms in total. The first-order valence-corrected chi connectivity index (χ1v) is 5.82. The third-order valence-electron chi connectivity index (χ3n) is 2.85. The molecule has 0 aliphatic carbocycles. The van der Waals surface area contributed by atoms with Crippen LogP contribution in [0.5, 0.6) is 0 Å². The maximum atomic E-state index is 9.67. The molecular weight excluding hydrogens is 255 g/mol. The summed E-state index contributed by atoms with van der Waals surface area (Å²) < 4.78 is 0.988. The van der Waals surface area contributed by atoms with E-state index in [1.165, 1.54) is 5.56 Å². The molecule has 1 aliphatic rings. The Morgan fingerprint density at radius 3 is 2.87 bits per heavy atom. The molecule has 0 bridgehead atoms. The second-order valence-electron chi connectivity index (χ2n) is 4.67. The summed E-state index contributed by atoms with van der Waals surface area (Å²) >= 11 is 3.43. The van der Waals surface area contributed by atoms with E-state index >= 15 is 0 Å². The van der Waals surface area contributed by atoms with Crippen molar-refractivity contribution in [3.63, 3.8) is 0 Å². The lowest BCUT2D eigenvalue weighted by Crippen LogP contribution is -2.39. The van der Waals surface area contributed by atoms with Crippen LogP contribution in [0.1, 0.15) is 19.4 Å². The van der Waals surface area contributed by atoms with Crippen LogP contribution in [0.4, 0.5) is 5.82 Å². The van der Waals surface area contributed by atoms with Gasteiger partial charge >= 0.3 is 7.05 Å². The lowest BCUT2D eigenvalue weighted by Gasteiger charge is -2.22. The molecule has 1 aromatic heterocycles. The molecule has 0 radical (unpaired) electrons. The Kier molecular flexibility index (Phi) is 2.55. The molecule has 1 N–H and O–H groups in total. The standard InChI is InChI=1S/C10H14BBrN2O/c1-10(2)6-14(11(3)15)9-8(10)4-7(12)5-13-9/h4-5,15H,6H2,1-3H3. The number of fused-ring (bicyclic) bond motifs is 1. The molecular formula is C10H14BBrN2O. The number of rotatable bonds is 1. The molecule has 2 heterocycles. The van der Waals surface area contributed by atoms with Crippen molar-refractivity contribution >= 4 is 28.8 Å². The van der Waals surface area contributed by atoms with Crippen molar-refractivity contribution in [2.45, 2.75) is 26.1 Å². The molecule has 80 valence electrons. The Morgan fingerprint density at radius 2 is 2.27 bits per heavy atom. The number of pyridine rings is 1. The molecule has 0 atom stereocenters. The first-order chi connectivity index (χ1) is 6.92. The average Bonchev–Trinajstić information content (AvgIpc) is 2.39. The van der Waals surface area contributed by atoms with Crippen LogP contribution in [-0.2, 0) is 5.41 Å². The van der Waals surface area contributed by atoms with Crippen molar-refractivity contribution in [3.8, 4) is 0 Å². The smallest absolute Gasteiger partial charge is 0.410 e. The van der Waals surface area contributed by atoms with E-state index in [1.54, 1.807) is 13.0 Å². The van der Waals surface area contributed by atoms with Crippen molar-refractivity contribution in [3.05, 3.63) is 22.3 Å². The SMILES string of the molecule is CB(O)N1CC(C)(C)c2cc(Br)cnc21.